The first-order valence-electron chi connectivity index (χ1n) is 12.3. The van der Waals surface area contributed by atoms with Gasteiger partial charge in [0.1, 0.15) is 13.2 Å². The van der Waals surface area contributed by atoms with Crippen molar-refractivity contribution >= 4 is 18.4 Å². The lowest BCUT2D eigenvalue weighted by molar-refractivity contribution is -0.159. The number of ether oxygens (including phenoxy) is 3. The quantitative estimate of drug-likeness (QED) is 0.0601. The highest BCUT2D eigenvalue weighted by atomic mass is 16.6. The van der Waals surface area contributed by atoms with E-state index in [2.05, 4.69) is 25.7 Å². The van der Waals surface area contributed by atoms with Gasteiger partial charge in [0.05, 0.1) is 0 Å². The predicted octanol–water partition coefficient (Wildman–Crippen LogP) is 6.23. The maximum absolute atomic E-state index is 11.9. The van der Waals surface area contributed by atoms with Crippen LogP contribution >= 0.6 is 0 Å². The predicted molar refractivity (Wildman–Crippen MR) is 127 cm³/mol. The molecule has 0 aliphatic heterocycles. The van der Waals surface area contributed by atoms with Gasteiger partial charge in [-0.2, -0.15) is 0 Å². The Labute approximate surface area is 194 Å². The van der Waals surface area contributed by atoms with Crippen molar-refractivity contribution in [2.45, 2.75) is 109 Å². The molecule has 0 radical (unpaired) electrons. The largest absolute Gasteiger partial charge is 0.462 e. The highest BCUT2D eigenvalue weighted by Crippen LogP contribution is 2.10. The molecule has 0 aliphatic rings. The molecule has 6 nitrogen and oxygen atoms in total. The van der Waals surface area contributed by atoms with Crippen molar-refractivity contribution in [1.29, 1.82) is 0 Å². The van der Waals surface area contributed by atoms with Crippen LogP contribution < -0.4 is 0 Å². The highest BCUT2D eigenvalue weighted by molar-refractivity contribution is 5.69. The third kappa shape index (κ3) is 21.1. The van der Waals surface area contributed by atoms with Crippen LogP contribution in [0.3, 0.4) is 0 Å². The van der Waals surface area contributed by atoms with Crippen LogP contribution in [0.5, 0.6) is 0 Å². The molecule has 0 heterocycles. The molecule has 0 N–H and O–H groups in total. The second kappa shape index (κ2) is 23.6. The Hall–Kier alpha value is -2.11. The molecule has 0 aromatic heterocycles. The third-order valence-electron chi connectivity index (χ3n) is 5.05. The number of hydrogen-bond donors (Lipinski definition) is 0. The number of rotatable bonds is 23. The summed E-state index contributed by atoms with van der Waals surface area (Å²) in [6.45, 7) is 5.91. The Balaban J connectivity index is 3.79. The second-order valence-electron chi connectivity index (χ2n) is 8.00. The van der Waals surface area contributed by atoms with Crippen LogP contribution in [0.25, 0.3) is 0 Å². The maximum atomic E-state index is 11.9. The maximum Gasteiger partial charge on any atom is 0.305 e. The zero-order valence-electron chi connectivity index (χ0n) is 20.1. The summed E-state index contributed by atoms with van der Waals surface area (Å²) in [5.41, 5.74) is 0. The van der Waals surface area contributed by atoms with Crippen molar-refractivity contribution in [3.63, 3.8) is 0 Å². The first-order chi connectivity index (χ1) is 15.6. The van der Waals surface area contributed by atoms with E-state index in [-0.39, 0.29) is 31.6 Å². The van der Waals surface area contributed by atoms with Gasteiger partial charge in [-0.15, -0.1) is 6.58 Å². The highest BCUT2D eigenvalue weighted by Gasteiger charge is 2.15. The third-order valence-corrected chi connectivity index (χ3v) is 5.05. The molecule has 0 saturated carbocycles. The summed E-state index contributed by atoms with van der Waals surface area (Å²) < 4.78 is 15.2. The summed E-state index contributed by atoms with van der Waals surface area (Å²) in [4.78, 5) is 34.4. The van der Waals surface area contributed by atoms with Crippen LogP contribution in [-0.2, 0) is 28.6 Å². The van der Waals surface area contributed by atoms with Crippen LogP contribution in [0.4, 0.5) is 0 Å². The van der Waals surface area contributed by atoms with Gasteiger partial charge in [0.25, 0.3) is 6.47 Å². The van der Waals surface area contributed by atoms with Crippen LogP contribution in [0.15, 0.2) is 24.8 Å². The molecular weight excluding hydrogens is 408 g/mol. The molecule has 0 amide bonds. The van der Waals surface area contributed by atoms with E-state index in [0.717, 1.165) is 70.6 Å². The van der Waals surface area contributed by atoms with Crippen LogP contribution in [0.1, 0.15) is 103 Å². The molecule has 1 unspecified atom stereocenters. The van der Waals surface area contributed by atoms with Crippen molar-refractivity contribution in [2.24, 2.45) is 0 Å². The minimum atomic E-state index is -0.768. The number of esters is 2. The summed E-state index contributed by atoms with van der Waals surface area (Å²) in [5, 5.41) is 0. The number of carbonyl (C=O) groups is 3. The lowest BCUT2D eigenvalue weighted by Gasteiger charge is -2.15. The number of unbranched alkanes of at least 4 members (excludes halogenated alkanes) is 10. The first-order valence-corrected chi connectivity index (χ1v) is 12.3. The zero-order valence-corrected chi connectivity index (χ0v) is 20.1. The van der Waals surface area contributed by atoms with Gasteiger partial charge in [0, 0.05) is 12.8 Å². The van der Waals surface area contributed by atoms with Gasteiger partial charge in [0.15, 0.2) is 6.10 Å². The fourth-order valence-electron chi connectivity index (χ4n) is 3.16. The van der Waals surface area contributed by atoms with Crippen LogP contribution in [0.2, 0.25) is 0 Å². The lowest BCUT2D eigenvalue weighted by Crippen LogP contribution is -2.28. The molecule has 0 aromatic rings. The van der Waals surface area contributed by atoms with E-state index in [1.807, 2.05) is 6.08 Å². The summed E-state index contributed by atoms with van der Waals surface area (Å²) in [7, 11) is 0. The molecule has 0 saturated heterocycles. The topological polar surface area (TPSA) is 78.9 Å². The molecule has 0 aliphatic carbocycles. The van der Waals surface area contributed by atoms with Crippen molar-refractivity contribution < 1.29 is 28.6 Å². The van der Waals surface area contributed by atoms with Gasteiger partial charge < -0.3 is 14.2 Å². The number of hydrogen-bond acceptors (Lipinski definition) is 6. The van der Waals surface area contributed by atoms with Crippen LogP contribution in [0, 0.1) is 0 Å². The second-order valence-corrected chi connectivity index (χ2v) is 8.00. The van der Waals surface area contributed by atoms with Crippen LogP contribution in [-0.4, -0.2) is 37.7 Å². The fourth-order valence-corrected chi connectivity index (χ4v) is 3.16. The monoisotopic (exact) mass is 452 g/mol. The molecule has 32 heavy (non-hydrogen) atoms. The van der Waals surface area contributed by atoms with Crippen molar-refractivity contribution in [2.75, 3.05) is 13.2 Å². The average molecular weight is 453 g/mol. The molecule has 0 aromatic carbocycles. The van der Waals surface area contributed by atoms with E-state index >= 15 is 0 Å². The Morgan fingerprint density at radius 3 is 1.75 bits per heavy atom. The SMILES string of the molecule is C=CCCCCCCCC(=O)OCC(COC(=O)CCCCCCC/C=C\CC)OC=O. The zero-order chi connectivity index (χ0) is 23.7. The molecule has 6 heteroatoms. The average Bonchev–Trinajstić information content (AvgIpc) is 2.79. The Morgan fingerprint density at radius 1 is 0.750 bits per heavy atom. The number of allylic oxidation sites excluding steroid dienone is 3. The number of carbonyl (C=O) groups excluding carboxylic acids is 3. The van der Waals surface area contributed by atoms with Gasteiger partial charge >= 0.3 is 11.9 Å². The van der Waals surface area contributed by atoms with E-state index in [1.165, 1.54) is 12.8 Å². The van der Waals surface area contributed by atoms with E-state index in [0.29, 0.717) is 12.8 Å². The smallest absolute Gasteiger partial charge is 0.305 e. The standard InChI is InChI=1S/C26H44O6/c1-3-5-7-9-11-12-14-16-18-20-26(29)31-22-24(32-23-27)21-30-25(28)19-17-15-13-10-8-6-4-2/h4-5,7,23-24H,2-3,6,8-22H2,1H3/b7-5-. The summed E-state index contributed by atoms with van der Waals surface area (Å²) in [5.74, 6) is -0.648. The van der Waals surface area contributed by atoms with Gasteiger partial charge in [0.2, 0.25) is 0 Å². The fraction of sp³-hybridized carbons (Fsp3) is 0.731. The normalized spacial score (nSPS) is 11.8. The van der Waals surface area contributed by atoms with E-state index in [9.17, 15) is 14.4 Å². The van der Waals surface area contributed by atoms with Crippen molar-refractivity contribution in [3.8, 4) is 0 Å². The van der Waals surface area contributed by atoms with Crippen molar-refractivity contribution in [1.82, 2.24) is 0 Å². The molecular formula is C26H44O6. The molecule has 1 atom stereocenters. The molecule has 0 spiro atoms. The Morgan fingerprint density at radius 2 is 1.25 bits per heavy atom. The molecule has 0 rings (SSSR count). The van der Waals surface area contributed by atoms with Gasteiger partial charge in [-0.1, -0.05) is 63.7 Å². The van der Waals surface area contributed by atoms with Crippen molar-refractivity contribution in [3.05, 3.63) is 24.8 Å². The van der Waals surface area contributed by atoms with E-state index in [1.54, 1.807) is 0 Å². The first kappa shape index (κ1) is 29.9. The Kier molecular flexibility index (Phi) is 22.0. The van der Waals surface area contributed by atoms with E-state index in [4.69, 9.17) is 14.2 Å². The minimum absolute atomic E-state index is 0.0993. The summed E-state index contributed by atoms with van der Waals surface area (Å²) in [6.07, 6.45) is 19.8. The lowest BCUT2D eigenvalue weighted by atomic mass is 10.1. The summed E-state index contributed by atoms with van der Waals surface area (Å²) >= 11 is 0. The molecule has 0 fully saturated rings. The van der Waals surface area contributed by atoms with E-state index < -0.39 is 6.10 Å². The van der Waals surface area contributed by atoms with Gasteiger partial charge in [-0.05, 0) is 44.9 Å². The minimum Gasteiger partial charge on any atom is -0.462 e. The van der Waals surface area contributed by atoms with Gasteiger partial charge in [-0.25, -0.2) is 0 Å². The molecule has 0 bridgehead atoms. The summed E-state index contributed by atoms with van der Waals surface area (Å²) in [6, 6.07) is 0. The van der Waals surface area contributed by atoms with Gasteiger partial charge in [-0.3, -0.25) is 14.4 Å². The molecule has 184 valence electrons. The Bertz CT molecular complexity index is 514.